The third kappa shape index (κ3) is 3.82. The molecule has 1 aromatic carbocycles. The summed E-state index contributed by atoms with van der Waals surface area (Å²) in [6, 6.07) is 5.52. The van der Waals surface area contributed by atoms with Crippen LogP contribution in [0.2, 0.25) is 0 Å². The van der Waals surface area contributed by atoms with Crippen LogP contribution < -0.4 is 15.8 Å². The third-order valence-electron chi connectivity index (χ3n) is 2.77. The smallest absolute Gasteiger partial charge is 0.259 e. The zero-order valence-electron chi connectivity index (χ0n) is 11.7. The first-order valence-corrected chi connectivity index (χ1v) is 6.65. The summed E-state index contributed by atoms with van der Waals surface area (Å²) < 4.78 is 23.8. The zero-order valence-corrected chi connectivity index (χ0v) is 11.7. The molecule has 1 aromatic heterocycles. The van der Waals surface area contributed by atoms with E-state index in [0.717, 1.165) is 6.42 Å². The largest absolute Gasteiger partial charge is 0.491 e. The molecule has 0 aliphatic rings. The summed E-state index contributed by atoms with van der Waals surface area (Å²) in [5.74, 6) is 0.0219. The van der Waals surface area contributed by atoms with Gasteiger partial charge in [0, 0.05) is 6.07 Å². The number of ether oxygens (including phenoxy) is 1. The van der Waals surface area contributed by atoms with E-state index in [1.165, 1.54) is 24.5 Å². The van der Waals surface area contributed by atoms with E-state index in [0.29, 0.717) is 29.4 Å². The molecule has 2 rings (SSSR count). The number of furan rings is 1. The lowest BCUT2D eigenvalue weighted by Gasteiger charge is -2.11. The van der Waals surface area contributed by atoms with Gasteiger partial charge < -0.3 is 20.2 Å². The van der Waals surface area contributed by atoms with Crippen molar-refractivity contribution in [3.8, 4) is 5.75 Å². The summed E-state index contributed by atoms with van der Waals surface area (Å²) in [5.41, 5.74) is 6.18. The van der Waals surface area contributed by atoms with Crippen LogP contribution in [0.3, 0.4) is 0 Å². The Kier molecular flexibility index (Phi) is 4.94. The molecule has 3 N–H and O–H groups in total. The second-order valence-electron chi connectivity index (χ2n) is 4.45. The van der Waals surface area contributed by atoms with E-state index in [-0.39, 0.29) is 12.5 Å². The average molecular weight is 292 g/mol. The molecule has 21 heavy (non-hydrogen) atoms. The topological polar surface area (TPSA) is 77.5 Å². The quantitative estimate of drug-likeness (QED) is 0.858. The fourth-order valence-electron chi connectivity index (χ4n) is 1.73. The lowest BCUT2D eigenvalue weighted by Crippen LogP contribution is -2.12. The van der Waals surface area contributed by atoms with E-state index in [9.17, 15) is 9.18 Å². The van der Waals surface area contributed by atoms with Crippen molar-refractivity contribution in [3.63, 3.8) is 0 Å². The van der Waals surface area contributed by atoms with Gasteiger partial charge in [0.1, 0.15) is 23.6 Å². The molecule has 5 nitrogen and oxygen atoms in total. The summed E-state index contributed by atoms with van der Waals surface area (Å²) in [6.45, 7) is 2.60. The van der Waals surface area contributed by atoms with Crippen LogP contribution in [-0.2, 0) is 6.54 Å². The van der Waals surface area contributed by atoms with Crippen molar-refractivity contribution in [2.75, 3.05) is 11.9 Å². The maximum Gasteiger partial charge on any atom is 0.259 e. The molecule has 0 spiro atoms. The maximum atomic E-state index is 13.3. The van der Waals surface area contributed by atoms with Gasteiger partial charge in [0.25, 0.3) is 5.91 Å². The number of nitrogens with one attached hydrogen (secondary N) is 1. The lowest BCUT2D eigenvalue weighted by atomic mass is 10.2. The fourth-order valence-corrected chi connectivity index (χ4v) is 1.73. The molecule has 0 aliphatic carbocycles. The summed E-state index contributed by atoms with van der Waals surface area (Å²) in [4.78, 5) is 12.1. The van der Waals surface area contributed by atoms with Gasteiger partial charge in [-0.15, -0.1) is 0 Å². The van der Waals surface area contributed by atoms with Crippen molar-refractivity contribution < 1.29 is 18.3 Å². The van der Waals surface area contributed by atoms with Crippen molar-refractivity contribution in [1.29, 1.82) is 0 Å². The minimum Gasteiger partial charge on any atom is -0.491 e. The lowest BCUT2D eigenvalue weighted by molar-refractivity contribution is 0.102. The molecule has 2 aromatic rings. The van der Waals surface area contributed by atoms with Crippen LogP contribution in [0.15, 0.2) is 34.9 Å². The van der Waals surface area contributed by atoms with Gasteiger partial charge in [-0.1, -0.05) is 6.92 Å². The van der Waals surface area contributed by atoms with Crippen LogP contribution in [0.1, 0.15) is 29.5 Å². The van der Waals surface area contributed by atoms with Crippen molar-refractivity contribution in [2.45, 2.75) is 19.9 Å². The molecule has 0 fully saturated rings. The summed E-state index contributed by atoms with van der Waals surface area (Å²) >= 11 is 0. The number of hydrogen-bond acceptors (Lipinski definition) is 4. The second kappa shape index (κ2) is 6.90. The number of halogens is 1. The van der Waals surface area contributed by atoms with Crippen LogP contribution >= 0.6 is 0 Å². The first-order valence-electron chi connectivity index (χ1n) is 6.65. The van der Waals surface area contributed by atoms with E-state index in [1.807, 2.05) is 6.92 Å². The molecule has 0 atom stereocenters. The number of carbonyl (C=O) groups is 1. The number of amides is 1. The zero-order chi connectivity index (χ0) is 15.2. The van der Waals surface area contributed by atoms with E-state index in [1.54, 1.807) is 6.07 Å². The van der Waals surface area contributed by atoms with Crippen molar-refractivity contribution in [2.24, 2.45) is 5.73 Å². The van der Waals surface area contributed by atoms with Crippen molar-refractivity contribution in [3.05, 3.63) is 47.7 Å². The molecular weight excluding hydrogens is 275 g/mol. The van der Waals surface area contributed by atoms with Gasteiger partial charge in [-0.25, -0.2) is 4.39 Å². The number of benzene rings is 1. The van der Waals surface area contributed by atoms with Gasteiger partial charge in [0.15, 0.2) is 0 Å². The van der Waals surface area contributed by atoms with E-state index in [2.05, 4.69) is 5.32 Å². The predicted octanol–water partition coefficient (Wildman–Crippen LogP) is 2.92. The van der Waals surface area contributed by atoms with Crippen LogP contribution in [0.5, 0.6) is 5.75 Å². The standard InChI is InChI=1S/C15H17FN2O3/c1-2-5-20-14-7-11(16)3-4-13(14)18-15(19)10-6-12(8-17)21-9-10/h3-4,6-7,9H,2,5,8,17H2,1H3,(H,18,19). The molecule has 0 saturated carbocycles. The normalized spacial score (nSPS) is 10.4. The number of hydrogen-bond donors (Lipinski definition) is 2. The van der Waals surface area contributed by atoms with E-state index < -0.39 is 5.82 Å². The Morgan fingerprint density at radius 3 is 2.90 bits per heavy atom. The Hall–Kier alpha value is -2.34. The van der Waals surface area contributed by atoms with Crippen LogP contribution in [-0.4, -0.2) is 12.5 Å². The Morgan fingerprint density at radius 2 is 2.24 bits per heavy atom. The minimum atomic E-state index is -0.423. The van der Waals surface area contributed by atoms with Crippen LogP contribution in [0, 0.1) is 5.82 Å². The Bertz CT molecular complexity index is 625. The van der Waals surface area contributed by atoms with Crippen molar-refractivity contribution in [1.82, 2.24) is 0 Å². The van der Waals surface area contributed by atoms with E-state index in [4.69, 9.17) is 14.9 Å². The molecular formula is C15H17FN2O3. The van der Waals surface area contributed by atoms with Gasteiger partial charge in [-0.2, -0.15) is 0 Å². The number of carbonyl (C=O) groups excluding carboxylic acids is 1. The molecule has 1 heterocycles. The first kappa shape index (κ1) is 15.1. The fraction of sp³-hybridized carbons (Fsp3) is 0.267. The Labute approximate surface area is 121 Å². The molecule has 0 unspecified atom stereocenters. The summed E-state index contributed by atoms with van der Waals surface area (Å²) in [7, 11) is 0. The predicted molar refractivity (Wildman–Crippen MR) is 76.7 cm³/mol. The molecule has 0 aliphatic heterocycles. The minimum absolute atomic E-state index is 0.217. The van der Waals surface area contributed by atoms with Gasteiger partial charge >= 0.3 is 0 Å². The molecule has 0 bridgehead atoms. The molecule has 6 heteroatoms. The SMILES string of the molecule is CCCOc1cc(F)ccc1NC(=O)c1coc(CN)c1. The molecule has 0 saturated heterocycles. The van der Waals surface area contributed by atoms with Gasteiger partial charge in [0.05, 0.1) is 24.4 Å². The Balaban J connectivity index is 2.16. The number of nitrogens with two attached hydrogens (primary N) is 1. The van der Waals surface area contributed by atoms with Crippen LogP contribution in [0.4, 0.5) is 10.1 Å². The van der Waals surface area contributed by atoms with Gasteiger partial charge in [-0.05, 0) is 24.6 Å². The second-order valence-corrected chi connectivity index (χ2v) is 4.45. The average Bonchev–Trinajstić information content (AvgIpc) is 2.96. The Morgan fingerprint density at radius 1 is 1.43 bits per heavy atom. The number of rotatable bonds is 6. The molecule has 0 radical (unpaired) electrons. The van der Waals surface area contributed by atoms with Gasteiger partial charge in [-0.3, -0.25) is 4.79 Å². The summed E-state index contributed by atoms with van der Waals surface area (Å²) in [5, 5.41) is 2.67. The highest BCUT2D eigenvalue weighted by molar-refractivity contribution is 6.04. The molecule has 112 valence electrons. The van der Waals surface area contributed by atoms with Gasteiger partial charge in [0.2, 0.25) is 0 Å². The van der Waals surface area contributed by atoms with E-state index >= 15 is 0 Å². The third-order valence-corrected chi connectivity index (χ3v) is 2.77. The van der Waals surface area contributed by atoms with Crippen LogP contribution in [0.25, 0.3) is 0 Å². The maximum absolute atomic E-state index is 13.3. The summed E-state index contributed by atoms with van der Waals surface area (Å²) in [6.07, 6.45) is 2.11. The number of anilines is 1. The highest BCUT2D eigenvalue weighted by atomic mass is 19.1. The molecule has 1 amide bonds. The highest BCUT2D eigenvalue weighted by Crippen LogP contribution is 2.26. The first-order chi connectivity index (χ1) is 10.1. The van der Waals surface area contributed by atoms with Crippen molar-refractivity contribution >= 4 is 11.6 Å². The highest BCUT2D eigenvalue weighted by Gasteiger charge is 2.13. The monoisotopic (exact) mass is 292 g/mol.